The Bertz CT molecular complexity index is 480. The van der Waals surface area contributed by atoms with Gasteiger partial charge in [0.15, 0.2) is 0 Å². The van der Waals surface area contributed by atoms with Gasteiger partial charge in [-0.25, -0.2) is 0 Å². The summed E-state index contributed by atoms with van der Waals surface area (Å²) in [5.74, 6) is 0.656. The van der Waals surface area contributed by atoms with Gasteiger partial charge < -0.3 is 9.47 Å². The number of nitrogens with zero attached hydrogens (tertiary/aromatic N) is 2. The SMILES string of the molecule is CCOC1CCCN(Cc2ccc(C#N)c(OC)c2)C1. The monoisotopic (exact) mass is 274 g/mol. The van der Waals surface area contributed by atoms with E-state index < -0.39 is 0 Å². The minimum Gasteiger partial charge on any atom is -0.495 e. The molecule has 0 aromatic heterocycles. The molecule has 0 aliphatic carbocycles. The second-order valence-corrected chi connectivity index (χ2v) is 5.10. The number of piperidine rings is 1. The van der Waals surface area contributed by atoms with Crippen molar-refractivity contribution < 1.29 is 9.47 Å². The Balaban J connectivity index is 2.01. The number of hydrogen-bond acceptors (Lipinski definition) is 4. The molecule has 1 unspecified atom stereocenters. The molecule has 20 heavy (non-hydrogen) atoms. The average Bonchev–Trinajstić information content (AvgIpc) is 2.48. The number of likely N-dealkylation sites (tertiary alicyclic amines) is 1. The third-order valence-electron chi connectivity index (χ3n) is 3.66. The summed E-state index contributed by atoms with van der Waals surface area (Å²) in [5, 5.41) is 9.00. The Morgan fingerprint density at radius 2 is 2.30 bits per heavy atom. The number of methoxy groups -OCH3 is 1. The largest absolute Gasteiger partial charge is 0.495 e. The zero-order valence-electron chi connectivity index (χ0n) is 12.3. The van der Waals surface area contributed by atoms with Crippen LogP contribution in [0.4, 0.5) is 0 Å². The molecule has 1 fully saturated rings. The van der Waals surface area contributed by atoms with Crippen LogP contribution in [0.25, 0.3) is 0 Å². The Hall–Kier alpha value is -1.57. The number of nitriles is 1. The summed E-state index contributed by atoms with van der Waals surface area (Å²) in [4.78, 5) is 2.41. The lowest BCUT2D eigenvalue weighted by Gasteiger charge is -2.32. The molecule has 1 aromatic rings. The minimum absolute atomic E-state index is 0.356. The Morgan fingerprint density at radius 3 is 3.00 bits per heavy atom. The summed E-state index contributed by atoms with van der Waals surface area (Å²) in [6, 6.07) is 7.94. The number of ether oxygens (including phenoxy) is 2. The van der Waals surface area contributed by atoms with Crippen LogP contribution < -0.4 is 4.74 Å². The van der Waals surface area contributed by atoms with Crippen molar-refractivity contribution in [2.75, 3.05) is 26.8 Å². The van der Waals surface area contributed by atoms with Crippen LogP contribution in [0.15, 0.2) is 18.2 Å². The molecule has 1 heterocycles. The van der Waals surface area contributed by atoms with Crippen LogP contribution in [0.1, 0.15) is 30.9 Å². The highest BCUT2D eigenvalue weighted by Gasteiger charge is 2.20. The van der Waals surface area contributed by atoms with Gasteiger partial charge in [0.05, 0.1) is 18.8 Å². The van der Waals surface area contributed by atoms with Crippen LogP contribution >= 0.6 is 0 Å². The highest BCUT2D eigenvalue weighted by atomic mass is 16.5. The fraction of sp³-hybridized carbons (Fsp3) is 0.562. The van der Waals surface area contributed by atoms with E-state index in [1.807, 2.05) is 25.1 Å². The maximum Gasteiger partial charge on any atom is 0.136 e. The lowest BCUT2D eigenvalue weighted by atomic mass is 10.1. The van der Waals surface area contributed by atoms with Gasteiger partial charge in [-0.2, -0.15) is 5.26 Å². The second kappa shape index (κ2) is 7.28. The fourth-order valence-corrected chi connectivity index (χ4v) is 2.71. The van der Waals surface area contributed by atoms with Crippen molar-refractivity contribution in [3.05, 3.63) is 29.3 Å². The number of benzene rings is 1. The lowest BCUT2D eigenvalue weighted by molar-refractivity contribution is 0.00362. The van der Waals surface area contributed by atoms with Gasteiger partial charge in [0.1, 0.15) is 11.8 Å². The number of hydrogen-bond donors (Lipinski definition) is 0. The van der Waals surface area contributed by atoms with E-state index in [4.69, 9.17) is 14.7 Å². The predicted molar refractivity (Wildman–Crippen MR) is 77.6 cm³/mol. The Kier molecular flexibility index (Phi) is 5.40. The van der Waals surface area contributed by atoms with E-state index in [-0.39, 0.29) is 0 Å². The van der Waals surface area contributed by atoms with Gasteiger partial charge in [-0.1, -0.05) is 6.07 Å². The first kappa shape index (κ1) is 14.8. The molecule has 1 aliphatic rings. The fourth-order valence-electron chi connectivity index (χ4n) is 2.71. The molecule has 0 N–H and O–H groups in total. The molecular weight excluding hydrogens is 252 g/mol. The van der Waals surface area contributed by atoms with Crippen molar-refractivity contribution in [3.8, 4) is 11.8 Å². The first-order valence-electron chi connectivity index (χ1n) is 7.17. The van der Waals surface area contributed by atoms with Gasteiger partial charge >= 0.3 is 0 Å². The molecule has 0 amide bonds. The lowest BCUT2D eigenvalue weighted by Crippen LogP contribution is -2.39. The molecule has 0 saturated carbocycles. The summed E-state index contributed by atoms with van der Waals surface area (Å²) >= 11 is 0. The first-order valence-corrected chi connectivity index (χ1v) is 7.17. The third-order valence-corrected chi connectivity index (χ3v) is 3.66. The van der Waals surface area contributed by atoms with Crippen LogP contribution in [0, 0.1) is 11.3 Å². The Morgan fingerprint density at radius 1 is 1.45 bits per heavy atom. The van der Waals surface area contributed by atoms with E-state index in [2.05, 4.69) is 11.0 Å². The van der Waals surface area contributed by atoms with Crippen molar-refractivity contribution in [2.24, 2.45) is 0 Å². The standard InChI is InChI=1S/C16H22N2O2/c1-3-20-15-5-4-8-18(12-15)11-13-6-7-14(10-17)16(9-13)19-2/h6-7,9,15H,3-5,8,11-12H2,1-2H3. The van der Waals surface area contributed by atoms with Crippen LogP contribution in [-0.4, -0.2) is 37.8 Å². The normalized spacial score (nSPS) is 19.6. The second-order valence-electron chi connectivity index (χ2n) is 5.10. The average molecular weight is 274 g/mol. The molecule has 1 aliphatic heterocycles. The van der Waals surface area contributed by atoms with E-state index in [9.17, 15) is 0 Å². The zero-order chi connectivity index (χ0) is 14.4. The Labute approximate surface area is 120 Å². The van der Waals surface area contributed by atoms with Crippen molar-refractivity contribution in [2.45, 2.75) is 32.4 Å². The van der Waals surface area contributed by atoms with Crippen molar-refractivity contribution >= 4 is 0 Å². The first-order chi connectivity index (χ1) is 9.76. The predicted octanol–water partition coefficient (Wildman–Crippen LogP) is 2.57. The van der Waals surface area contributed by atoms with Gasteiger partial charge in [-0.15, -0.1) is 0 Å². The highest BCUT2D eigenvalue weighted by molar-refractivity contribution is 5.45. The maximum absolute atomic E-state index is 9.00. The van der Waals surface area contributed by atoms with E-state index in [0.29, 0.717) is 17.4 Å². The summed E-state index contributed by atoms with van der Waals surface area (Å²) in [7, 11) is 1.60. The van der Waals surface area contributed by atoms with E-state index in [1.165, 1.54) is 12.0 Å². The van der Waals surface area contributed by atoms with Gasteiger partial charge in [0.25, 0.3) is 0 Å². The molecular formula is C16H22N2O2. The molecule has 1 atom stereocenters. The van der Waals surface area contributed by atoms with Crippen molar-refractivity contribution in [1.29, 1.82) is 5.26 Å². The van der Waals surface area contributed by atoms with Crippen LogP contribution in [-0.2, 0) is 11.3 Å². The summed E-state index contributed by atoms with van der Waals surface area (Å²) in [6.07, 6.45) is 2.69. The van der Waals surface area contributed by atoms with Gasteiger partial charge in [-0.3, -0.25) is 4.90 Å². The van der Waals surface area contributed by atoms with Gasteiger partial charge in [0.2, 0.25) is 0 Å². The molecule has 0 radical (unpaired) electrons. The molecule has 1 saturated heterocycles. The molecule has 2 rings (SSSR count). The van der Waals surface area contributed by atoms with E-state index in [0.717, 1.165) is 32.7 Å². The third kappa shape index (κ3) is 3.72. The van der Waals surface area contributed by atoms with Crippen LogP contribution in [0.2, 0.25) is 0 Å². The quantitative estimate of drug-likeness (QED) is 0.828. The molecule has 0 bridgehead atoms. The highest BCUT2D eigenvalue weighted by Crippen LogP contribution is 2.22. The smallest absolute Gasteiger partial charge is 0.136 e. The van der Waals surface area contributed by atoms with E-state index in [1.54, 1.807) is 7.11 Å². The minimum atomic E-state index is 0.356. The summed E-state index contributed by atoms with van der Waals surface area (Å²) in [5.41, 5.74) is 1.76. The zero-order valence-corrected chi connectivity index (χ0v) is 12.3. The van der Waals surface area contributed by atoms with Gasteiger partial charge in [-0.05, 0) is 44.0 Å². The van der Waals surface area contributed by atoms with Crippen LogP contribution in [0.3, 0.4) is 0 Å². The van der Waals surface area contributed by atoms with Crippen molar-refractivity contribution in [1.82, 2.24) is 4.90 Å². The summed E-state index contributed by atoms with van der Waals surface area (Å²) in [6.45, 7) is 5.79. The molecule has 4 heteroatoms. The topological polar surface area (TPSA) is 45.5 Å². The summed E-state index contributed by atoms with van der Waals surface area (Å²) < 4.78 is 11.0. The van der Waals surface area contributed by atoms with Gasteiger partial charge in [0, 0.05) is 19.7 Å². The van der Waals surface area contributed by atoms with Crippen molar-refractivity contribution in [3.63, 3.8) is 0 Å². The molecule has 1 aromatic carbocycles. The molecule has 4 nitrogen and oxygen atoms in total. The molecule has 108 valence electrons. The van der Waals surface area contributed by atoms with Crippen LogP contribution in [0.5, 0.6) is 5.75 Å². The molecule has 0 spiro atoms. The maximum atomic E-state index is 9.00. The van der Waals surface area contributed by atoms with E-state index >= 15 is 0 Å². The number of rotatable bonds is 5.